The van der Waals surface area contributed by atoms with Crippen LogP contribution in [-0.4, -0.2) is 37.6 Å². The van der Waals surface area contributed by atoms with Crippen molar-refractivity contribution in [2.45, 2.75) is 38.7 Å². The highest BCUT2D eigenvalue weighted by Crippen LogP contribution is 2.11. The van der Waals surface area contributed by atoms with Crippen LogP contribution < -0.4 is 10.6 Å². The number of rotatable bonds is 6. The maximum atomic E-state index is 11.5. The average molecular weight is 228 g/mol. The van der Waals surface area contributed by atoms with Gasteiger partial charge in [-0.05, 0) is 19.3 Å². The topological polar surface area (TPSA) is 67.4 Å². The first kappa shape index (κ1) is 13.0. The van der Waals surface area contributed by atoms with E-state index in [0.29, 0.717) is 13.2 Å². The smallest absolute Gasteiger partial charge is 0.249 e. The van der Waals surface area contributed by atoms with Crippen molar-refractivity contribution in [3.8, 4) is 0 Å². The summed E-state index contributed by atoms with van der Waals surface area (Å²) in [6.07, 6.45) is 3.32. The van der Waals surface area contributed by atoms with E-state index in [9.17, 15) is 9.59 Å². The molecule has 2 N–H and O–H groups in total. The van der Waals surface area contributed by atoms with Gasteiger partial charge in [-0.15, -0.1) is 0 Å². The van der Waals surface area contributed by atoms with E-state index in [-0.39, 0.29) is 24.5 Å². The Bertz CT molecular complexity index is 237. The molecule has 1 aliphatic heterocycles. The molecule has 2 amide bonds. The molecule has 0 aromatic heterocycles. The third kappa shape index (κ3) is 4.61. The molecule has 1 unspecified atom stereocenters. The van der Waals surface area contributed by atoms with E-state index in [1.807, 2.05) is 0 Å². The Morgan fingerprint density at radius 1 is 1.38 bits per heavy atom. The van der Waals surface area contributed by atoms with Crippen molar-refractivity contribution >= 4 is 11.8 Å². The summed E-state index contributed by atoms with van der Waals surface area (Å²) < 4.78 is 5.20. The zero-order valence-electron chi connectivity index (χ0n) is 9.75. The summed E-state index contributed by atoms with van der Waals surface area (Å²) in [5.41, 5.74) is 0. The van der Waals surface area contributed by atoms with E-state index < -0.39 is 0 Å². The summed E-state index contributed by atoms with van der Waals surface area (Å²) in [5.74, 6) is -0.317. The Balaban J connectivity index is 2.08. The lowest BCUT2D eigenvalue weighted by molar-refractivity contribution is -0.132. The molecule has 92 valence electrons. The van der Waals surface area contributed by atoms with Crippen LogP contribution in [0, 0.1) is 0 Å². The van der Waals surface area contributed by atoms with Gasteiger partial charge in [-0.3, -0.25) is 9.59 Å². The highest BCUT2D eigenvalue weighted by molar-refractivity contribution is 5.86. The monoisotopic (exact) mass is 228 g/mol. The first-order valence-corrected chi connectivity index (χ1v) is 5.90. The molecule has 0 spiro atoms. The number of carbonyl (C=O) groups excluding carboxylic acids is 2. The van der Waals surface area contributed by atoms with Crippen molar-refractivity contribution in [1.29, 1.82) is 0 Å². The molecule has 0 aromatic rings. The van der Waals surface area contributed by atoms with Crippen molar-refractivity contribution in [1.82, 2.24) is 10.6 Å². The summed E-state index contributed by atoms with van der Waals surface area (Å²) in [6, 6.07) is 0. The summed E-state index contributed by atoms with van der Waals surface area (Å²) >= 11 is 0. The predicted molar refractivity (Wildman–Crippen MR) is 59.9 cm³/mol. The minimum atomic E-state index is -0.358. The van der Waals surface area contributed by atoms with Crippen molar-refractivity contribution in [3.05, 3.63) is 0 Å². The number of hydrogen-bond acceptors (Lipinski definition) is 3. The van der Waals surface area contributed by atoms with Gasteiger partial charge in [-0.2, -0.15) is 0 Å². The highest BCUT2D eigenvalue weighted by atomic mass is 16.5. The molecular weight excluding hydrogens is 208 g/mol. The Morgan fingerprint density at radius 3 is 2.81 bits per heavy atom. The maximum Gasteiger partial charge on any atom is 0.249 e. The molecular formula is C11H20N2O3. The number of amides is 2. The molecule has 0 aliphatic carbocycles. The zero-order chi connectivity index (χ0) is 11.8. The SMILES string of the molecule is CCCCNC(=O)CNC(=O)C1CCCO1. The van der Waals surface area contributed by atoms with Gasteiger partial charge in [0.05, 0.1) is 6.54 Å². The van der Waals surface area contributed by atoms with Crippen molar-refractivity contribution in [2.24, 2.45) is 0 Å². The second-order valence-corrected chi connectivity index (χ2v) is 3.92. The Hall–Kier alpha value is -1.10. The number of unbranched alkanes of at least 4 members (excludes halogenated alkanes) is 1. The first-order chi connectivity index (χ1) is 7.74. The van der Waals surface area contributed by atoms with Gasteiger partial charge < -0.3 is 15.4 Å². The summed E-state index contributed by atoms with van der Waals surface area (Å²) in [5, 5.41) is 5.31. The van der Waals surface area contributed by atoms with Gasteiger partial charge in [0.15, 0.2) is 0 Å². The van der Waals surface area contributed by atoms with E-state index >= 15 is 0 Å². The largest absolute Gasteiger partial charge is 0.368 e. The number of carbonyl (C=O) groups is 2. The van der Waals surface area contributed by atoms with Crippen molar-refractivity contribution < 1.29 is 14.3 Å². The van der Waals surface area contributed by atoms with Crippen LogP contribution in [-0.2, 0) is 14.3 Å². The molecule has 0 bridgehead atoms. The molecule has 1 heterocycles. The Kier molecular flexibility index (Phi) is 5.85. The quantitative estimate of drug-likeness (QED) is 0.638. The normalized spacial score (nSPS) is 19.4. The second kappa shape index (κ2) is 7.22. The van der Waals surface area contributed by atoms with Crippen LogP contribution in [0.3, 0.4) is 0 Å². The van der Waals surface area contributed by atoms with Gasteiger partial charge in [-0.25, -0.2) is 0 Å². The minimum Gasteiger partial charge on any atom is -0.368 e. The fraction of sp³-hybridized carbons (Fsp3) is 0.818. The van der Waals surface area contributed by atoms with Gasteiger partial charge in [-0.1, -0.05) is 13.3 Å². The summed E-state index contributed by atoms with van der Waals surface area (Å²) in [6.45, 7) is 3.42. The molecule has 0 radical (unpaired) electrons. The lowest BCUT2D eigenvalue weighted by Gasteiger charge is -2.10. The van der Waals surface area contributed by atoms with Crippen molar-refractivity contribution in [2.75, 3.05) is 19.7 Å². The Morgan fingerprint density at radius 2 is 2.19 bits per heavy atom. The van der Waals surface area contributed by atoms with Crippen LogP contribution >= 0.6 is 0 Å². The summed E-state index contributed by atoms with van der Waals surface area (Å²) in [7, 11) is 0. The molecule has 1 saturated heterocycles. The molecule has 1 atom stereocenters. The average Bonchev–Trinajstić information content (AvgIpc) is 2.79. The van der Waals surface area contributed by atoms with E-state index in [1.165, 1.54) is 0 Å². The molecule has 0 saturated carbocycles. The Labute approximate surface area is 95.9 Å². The molecule has 1 aliphatic rings. The number of nitrogens with one attached hydrogen (secondary N) is 2. The molecule has 5 heteroatoms. The van der Waals surface area contributed by atoms with Crippen molar-refractivity contribution in [3.63, 3.8) is 0 Å². The molecule has 1 rings (SSSR count). The van der Waals surface area contributed by atoms with Crippen LogP contribution in [0.4, 0.5) is 0 Å². The van der Waals surface area contributed by atoms with Crippen LogP contribution in [0.25, 0.3) is 0 Å². The van der Waals surface area contributed by atoms with Gasteiger partial charge in [0.2, 0.25) is 11.8 Å². The van der Waals surface area contributed by atoms with Crippen LogP contribution in [0.1, 0.15) is 32.6 Å². The molecule has 16 heavy (non-hydrogen) atoms. The summed E-state index contributed by atoms with van der Waals surface area (Å²) in [4.78, 5) is 22.7. The fourth-order valence-electron chi connectivity index (χ4n) is 1.53. The van der Waals surface area contributed by atoms with Gasteiger partial charge in [0, 0.05) is 13.2 Å². The fourth-order valence-corrected chi connectivity index (χ4v) is 1.53. The maximum absolute atomic E-state index is 11.5. The number of ether oxygens (including phenoxy) is 1. The lowest BCUT2D eigenvalue weighted by Crippen LogP contribution is -2.41. The van der Waals surface area contributed by atoms with E-state index in [0.717, 1.165) is 25.7 Å². The van der Waals surface area contributed by atoms with Gasteiger partial charge in [0.25, 0.3) is 0 Å². The third-order valence-corrected chi connectivity index (χ3v) is 2.50. The lowest BCUT2D eigenvalue weighted by atomic mass is 10.2. The van der Waals surface area contributed by atoms with Gasteiger partial charge in [0.1, 0.15) is 6.10 Å². The molecule has 0 aromatic carbocycles. The zero-order valence-corrected chi connectivity index (χ0v) is 9.75. The highest BCUT2D eigenvalue weighted by Gasteiger charge is 2.23. The van der Waals surface area contributed by atoms with Crippen LogP contribution in [0.2, 0.25) is 0 Å². The van der Waals surface area contributed by atoms with E-state index in [4.69, 9.17) is 4.74 Å². The van der Waals surface area contributed by atoms with E-state index in [2.05, 4.69) is 17.6 Å². The molecule has 1 fully saturated rings. The second-order valence-electron chi connectivity index (χ2n) is 3.92. The first-order valence-electron chi connectivity index (χ1n) is 5.90. The number of hydrogen-bond donors (Lipinski definition) is 2. The van der Waals surface area contributed by atoms with Gasteiger partial charge >= 0.3 is 0 Å². The standard InChI is InChI=1S/C11H20N2O3/c1-2-3-6-12-10(14)8-13-11(15)9-5-4-7-16-9/h9H,2-8H2,1H3,(H,12,14)(H,13,15). The molecule has 5 nitrogen and oxygen atoms in total. The van der Waals surface area contributed by atoms with Crippen LogP contribution in [0.5, 0.6) is 0 Å². The van der Waals surface area contributed by atoms with E-state index in [1.54, 1.807) is 0 Å². The van der Waals surface area contributed by atoms with Crippen LogP contribution in [0.15, 0.2) is 0 Å². The predicted octanol–water partition coefficient (Wildman–Crippen LogP) is 0.198. The minimum absolute atomic E-state index is 0.0441. The third-order valence-electron chi connectivity index (χ3n) is 2.50.